The molecule has 0 saturated heterocycles. The van der Waals surface area contributed by atoms with Gasteiger partial charge in [0.15, 0.2) is 0 Å². The van der Waals surface area contributed by atoms with Crippen LogP contribution < -0.4 is 15.4 Å². The molecule has 7 heteroatoms. The number of nitrogens with zero attached hydrogens (tertiary/aromatic N) is 1. The Kier molecular flexibility index (Phi) is 8.25. The van der Waals surface area contributed by atoms with Crippen molar-refractivity contribution < 1.29 is 19.1 Å². The summed E-state index contributed by atoms with van der Waals surface area (Å²) in [6, 6.07) is 10.8. The molecule has 2 rings (SSSR count). The first kappa shape index (κ1) is 20.4. The number of nitrogens with one attached hydrogen (secondary N) is 2. The van der Waals surface area contributed by atoms with Gasteiger partial charge in [0, 0.05) is 38.6 Å². The number of ether oxygens (including phenoxy) is 2. The van der Waals surface area contributed by atoms with Gasteiger partial charge in [0.2, 0.25) is 0 Å². The van der Waals surface area contributed by atoms with Gasteiger partial charge in [0.05, 0.1) is 7.11 Å². The fraction of sp³-hybridized carbons (Fsp3) is 0.350. The maximum absolute atomic E-state index is 12.3. The summed E-state index contributed by atoms with van der Waals surface area (Å²) in [4.78, 5) is 28.4. The van der Waals surface area contributed by atoms with Gasteiger partial charge in [-0.1, -0.05) is 12.1 Å². The minimum absolute atomic E-state index is 0.216. The van der Waals surface area contributed by atoms with Gasteiger partial charge in [-0.05, 0) is 42.7 Å². The highest BCUT2D eigenvalue weighted by molar-refractivity contribution is 5.98. The maximum atomic E-state index is 12.3. The summed E-state index contributed by atoms with van der Waals surface area (Å²) in [5.74, 6) is 0.236. The number of pyridine rings is 1. The first-order chi connectivity index (χ1) is 13.1. The summed E-state index contributed by atoms with van der Waals surface area (Å²) in [5.41, 5.74) is 1.69. The lowest BCUT2D eigenvalue weighted by Gasteiger charge is -2.08. The van der Waals surface area contributed by atoms with Crippen LogP contribution in [0.4, 0.5) is 0 Å². The lowest BCUT2D eigenvalue weighted by molar-refractivity contribution is 0.0943. The fourth-order valence-electron chi connectivity index (χ4n) is 2.46. The summed E-state index contributed by atoms with van der Waals surface area (Å²) < 4.78 is 10.1. The monoisotopic (exact) mass is 371 g/mol. The highest BCUT2D eigenvalue weighted by Crippen LogP contribution is 2.12. The van der Waals surface area contributed by atoms with Gasteiger partial charge in [-0.3, -0.25) is 14.6 Å². The van der Waals surface area contributed by atoms with Gasteiger partial charge in [-0.2, -0.15) is 0 Å². The molecule has 1 aromatic heterocycles. The van der Waals surface area contributed by atoms with E-state index in [-0.39, 0.29) is 17.5 Å². The van der Waals surface area contributed by atoms with Crippen molar-refractivity contribution >= 4 is 11.8 Å². The summed E-state index contributed by atoms with van der Waals surface area (Å²) in [7, 11) is 3.23. The Morgan fingerprint density at radius 1 is 1.04 bits per heavy atom. The van der Waals surface area contributed by atoms with Gasteiger partial charge in [-0.15, -0.1) is 0 Å². The van der Waals surface area contributed by atoms with E-state index in [0.29, 0.717) is 38.1 Å². The Hall–Kier alpha value is -2.93. The molecule has 0 bridgehead atoms. The maximum Gasteiger partial charge on any atom is 0.269 e. The standard InChI is InChI=1S/C20H25N3O4/c1-26-12-4-9-22-20(25)18-14-16(8-11-21-18)19(24)23-10-7-15-5-3-6-17(13-15)27-2/h3,5-6,8,11,13-14H,4,7,9-10,12H2,1-2H3,(H,22,25)(H,23,24). The quantitative estimate of drug-likeness (QED) is 0.622. The predicted octanol–water partition coefficient (Wildman–Crippen LogP) is 1.83. The van der Waals surface area contributed by atoms with Crippen molar-refractivity contribution in [1.82, 2.24) is 15.6 Å². The van der Waals surface area contributed by atoms with Crippen LogP contribution in [0.1, 0.15) is 32.8 Å². The number of benzene rings is 1. The third kappa shape index (κ3) is 6.71. The number of hydrogen-bond donors (Lipinski definition) is 2. The van der Waals surface area contributed by atoms with Crippen LogP contribution in [-0.4, -0.2) is 50.7 Å². The van der Waals surface area contributed by atoms with Gasteiger partial charge >= 0.3 is 0 Å². The van der Waals surface area contributed by atoms with Crippen LogP contribution in [0.25, 0.3) is 0 Å². The van der Waals surface area contributed by atoms with E-state index >= 15 is 0 Å². The Morgan fingerprint density at radius 3 is 2.63 bits per heavy atom. The summed E-state index contributed by atoms with van der Waals surface area (Å²) >= 11 is 0. The molecule has 0 unspecified atom stereocenters. The molecule has 1 heterocycles. The second kappa shape index (κ2) is 10.9. The van der Waals surface area contributed by atoms with Gasteiger partial charge in [0.1, 0.15) is 11.4 Å². The molecule has 0 radical (unpaired) electrons. The molecule has 144 valence electrons. The van der Waals surface area contributed by atoms with Gasteiger partial charge in [-0.25, -0.2) is 0 Å². The van der Waals surface area contributed by atoms with E-state index < -0.39 is 0 Å². The molecule has 27 heavy (non-hydrogen) atoms. The Balaban J connectivity index is 1.86. The van der Waals surface area contributed by atoms with Crippen LogP contribution in [0.15, 0.2) is 42.6 Å². The highest BCUT2D eigenvalue weighted by atomic mass is 16.5. The number of hydrogen-bond acceptors (Lipinski definition) is 5. The Morgan fingerprint density at radius 2 is 1.85 bits per heavy atom. The van der Waals surface area contributed by atoms with Crippen LogP contribution in [0.3, 0.4) is 0 Å². The molecule has 0 saturated carbocycles. The minimum atomic E-state index is -0.308. The molecule has 0 aliphatic carbocycles. The molecule has 1 aromatic carbocycles. The van der Waals surface area contributed by atoms with Crippen LogP contribution in [0.2, 0.25) is 0 Å². The Bertz CT molecular complexity index is 764. The van der Waals surface area contributed by atoms with Crippen molar-refractivity contribution in [2.75, 3.05) is 33.9 Å². The molecule has 0 atom stereocenters. The lowest BCUT2D eigenvalue weighted by atomic mass is 10.1. The van der Waals surface area contributed by atoms with E-state index in [1.807, 2.05) is 24.3 Å². The average molecular weight is 371 g/mol. The van der Waals surface area contributed by atoms with E-state index in [1.54, 1.807) is 20.3 Å². The number of aromatic nitrogens is 1. The van der Waals surface area contributed by atoms with E-state index in [2.05, 4.69) is 15.6 Å². The van der Waals surface area contributed by atoms with Crippen molar-refractivity contribution in [3.63, 3.8) is 0 Å². The van der Waals surface area contributed by atoms with E-state index in [1.165, 1.54) is 12.3 Å². The van der Waals surface area contributed by atoms with Crippen LogP contribution in [-0.2, 0) is 11.2 Å². The Labute approximate surface area is 159 Å². The zero-order chi connectivity index (χ0) is 19.5. The smallest absolute Gasteiger partial charge is 0.269 e. The van der Waals surface area contributed by atoms with Gasteiger partial charge < -0.3 is 20.1 Å². The SMILES string of the molecule is COCCCNC(=O)c1cc(C(=O)NCCc2cccc(OC)c2)ccn1. The van der Waals surface area contributed by atoms with Crippen molar-refractivity contribution in [2.45, 2.75) is 12.8 Å². The number of carbonyl (C=O) groups excluding carboxylic acids is 2. The van der Waals surface area contributed by atoms with E-state index in [4.69, 9.17) is 9.47 Å². The van der Waals surface area contributed by atoms with Crippen molar-refractivity contribution in [2.24, 2.45) is 0 Å². The molecule has 2 N–H and O–H groups in total. The third-order valence-corrected chi connectivity index (χ3v) is 3.90. The van der Waals surface area contributed by atoms with Crippen LogP contribution in [0, 0.1) is 0 Å². The molecular weight excluding hydrogens is 346 g/mol. The molecule has 0 aliphatic heterocycles. The second-order valence-corrected chi connectivity index (χ2v) is 5.89. The molecule has 0 aliphatic rings. The lowest BCUT2D eigenvalue weighted by Crippen LogP contribution is -2.28. The normalized spacial score (nSPS) is 10.3. The molecule has 0 fully saturated rings. The largest absolute Gasteiger partial charge is 0.497 e. The first-order valence-corrected chi connectivity index (χ1v) is 8.78. The number of rotatable bonds is 10. The minimum Gasteiger partial charge on any atom is -0.497 e. The summed E-state index contributed by atoms with van der Waals surface area (Å²) in [6.07, 6.45) is 2.86. The van der Waals surface area contributed by atoms with Crippen LogP contribution >= 0.6 is 0 Å². The molecule has 0 spiro atoms. The second-order valence-electron chi connectivity index (χ2n) is 5.89. The van der Waals surface area contributed by atoms with Gasteiger partial charge in [0.25, 0.3) is 11.8 Å². The van der Waals surface area contributed by atoms with Crippen LogP contribution in [0.5, 0.6) is 5.75 Å². The fourth-order valence-corrected chi connectivity index (χ4v) is 2.46. The molecule has 7 nitrogen and oxygen atoms in total. The van der Waals surface area contributed by atoms with Crippen molar-refractivity contribution in [3.8, 4) is 5.75 Å². The van der Waals surface area contributed by atoms with E-state index in [0.717, 1.165) is 11.3 Å². The van der Waals surface area contributed by atoms with Crippen molar-refractivity contribution in [1.29, 1.82) is 0 Å². The number of carbonyl (C=O) groups is 2. The highest BCUT2D eigenvalue weighted by Gasteiger charge is 2.11. The number of methoxy groups -OCH3 is 2. The predicted molar refractivity (Wildman–Crippen MR) is 102 cm³/mol. The third-order valence-electron chi connectivity index (χ3n) is 3.90. The molecule has 2 amide bonds. The average Bonchev–Trinajstić information content (AvgIpc) is 2.71. The summed E-state index contributed by atoms with van der Waals surface area (Å²) in [6.45, 7) is 1.54. The van der Waals surface area contributed by atoms with Crippen molar-refractivity contribution in [3.05, 3.63) is 59.4 Å². The summed E-state index contributed by atoms with van der Waals surface area (Å²) in [5, 5.41) is 5.61. The molecular formula is C20H25N3O4. The zero-order valence-electron chi connectivity index (χ0n) is 15.7. The topological polar surface area (TPSA) is 89.5 Å². The zero-order valence-corrected chi connectivity index (χ0v) is 15.7. The first-order valence-electron chi connectivity index (χ1n) is 8.78. The van der Waals surface area contributed by atoms with E-state index in [9.17, 15) is 9.59 Å². The molecule has 2 aromatic rings. The number of amides is 2.